The van der Waals surface area contributed by atoms with Gasteiger partial charge in [-0.25, -0.2) is 4.98 Å². The van der Waals surface area contributed by atoms with Gasteiger partial charge in [-0.15, -0.1) is 0 Å². The van der Waals surface area contributed by atoms with Crippen LogP contribution in [-0.4, -0.2) is 43.0 Å². The first-order chi connectivity index (χ1) is 12.5. The Bertz CT molecular complexity index is 907. The van der Waals surface area contributed by atoms with E-state index in [4.69, 9.17) is 4.98 Å². The molecule has 3 aromatic rings. The third kappa shape index (κ3) is 4.48. The fourth-order valence-electron chi connectivity index (χ4n) is 2.82. The average Bonchev–Trinajstić information content (AvgIpc) is 2.64. The van der Waals surface area contributed by atoms with Crippen molar-refractivity contribution in [2.24, 2.45) is 0 Å². The topological polar surface area (TPSA) is 45.2 Å². The number of carbonyl (C=O) groups is 1. The highest BCUT2D eigenvalue weighted by atomic mass is 79.9. The van der Waals surface area contributed by atoms with E-state index in [-0.39, 0.29) is 5.91 Å². The molecule has 0 atom stereocenters. The molecule has 1 N–H and O–H groups in total. The van der Waals surface area contributed by atoms with Crippen molar-refractivity contribution in [2.75, 3.05) is 27.2 Å². The standard InChI is InChI=1S/C21H22BrN3O/c1-25(2)13-5-12-23-21(26)18-14-20(15-8-10-16(22)11-9-15)24-19-7-4-3-6-17(18)19/h3-4,6-11,14H,5,12-13H2,1-2H3,(H,23,26). The summed E-state index contributed by atoms with van der Waals surface area (Å²) in [4.78, 5) is 19.6. The van der Waals surface area contributed by atoms with Gasteiger partial charge in [-0.3, -0.25) is 4.79 Å². The van der Waals surface area contributed by atoms with E-state index >= 15 is 0 Å². The Morgan fingerprint density at radius 1 is 1.12 bits per heavy atom. The summed E-state index contributed by atoms with van der Waals surface area (Å²) in [5.74, 6) is -0.0549. The Balaban J connectivity index is 1.92. The van der Waals surface area contributed by atoms with Gasteiger partial charge in [0.2, 0.25) is 0 Å². The molecule has 0 spiro atoms. The number of benzene rings is 2. The van der Waals surface area contributed by atoms with Crippen LogP contribution in [0.5, 0.6) is 0 Å². The number of nitrogens with zero attached hydrogens (tertiary/aromatic N) is 2. The molecular weight excluding hydrogens is 390 g/mol. The second kappa shape index (κ2) is 8.43. The maximum atomic E-state index is 12.8. The molecule has 0 aliphatic carbocycles. The number of para-hydroxylation sites is 1. The third-order valence-electron chi connectivity index (χ3n) is 4.17. The fourth-order valence-corrected chi connectivity index (χ4v) is 3.09. The highest BCUT2D eigenvalue weighted by Gasteiger charge is 2.13. The van der Waals surface area contributed by atoms with E-state index in [0.717, 1.165) is 39.6 Å². The second-order valence-corrected chi connectivity index (χ2v) is 7.41. The van der Waals surface area contributed by atoms with E-state index in [1.54, 1.807) is 0 Å². The SMILES string of the molecule is CN(C)CCCNC(=O)c1cc(-c2ccc(Br)cc2)nc2ccccc12. The number of hydrogen-bond acceptors (Lipinski definition) is 3. The van der Waals surface area contributed by atoms with Crippen molar-refractivity contribution >= 4 is 32.7 Å². The largest absolute Gasteiger partial charge is 0.352 e. The first-order valence-electron chi connectivity index (χ1n) is 8.63. The number of rotatable bonds is 6. The van der Waals surface area contributed by atoms with Gasteiger partial charge in [-0.05, 0) is 51.3 Å². The molecule has 0 fully saturated rings. The molecule has 4 nitrogen and oxygen atoms in total. The second-order valence-electron chi connectivity index (χ2n) is 6.49. The molecule has 0 bridgehead atoms. The summed E-state index contributed by atoms with van der Waals surface area (Å²) in [6, 6.07) is 17.6. The number of halogens is 1. The monoisotopic (exact) mass is 411 g/mol. The van der Waals surface area contributed by atoms with Crippen LogP contribution in [0, 0.1) is 0 Å². The molecule has 1 amide bonds. The summed E-state index contributed by atoms with van der Waals surface area (Å²) in [7, 11) is 4.06. The van der Waals surface area contributed by atoms with Crippen LogP contribution in [0.1, 0.15) is 16.8 Å². The van der Waals surface area contributed by atoms with Crippen LogP contribution in [0.25, 0.3) is 22.2 Å². The molecule has 0 saturated heterocycles. The molecule has 0 saturated carbocycles. The van der Waals surface area contributed by atoms with Crippen LogP contribution < -0.4 is 5.32 Å². The van der Waals surface area contributed by atoms with Crippen LogP contribution >= 0.6 is 15.9 Å². The van der Waals surface area contributed by atoms with E-state index in [0.29, 0.717) is 12.1 Å². The average molecular weight is 412 g/mol. The van der Waals surface area contributed by atoms with E-state index in [1.165, 1.54) is 0 Å². The molecule has 1 aromatic heterocycles. The van der Waals surface area contributed by atoms with Gasteiger partial charge in [-0.1, -0.05) is 46.3 Å². The lowest BCUT2D eigenvalue weighted by molar-refractivity contribution is 0.0954. The van der Waals surface area contributed by atoms with Gasteiger partial charge in [-0.2, -0.15) is 0 Å². The third-order valence-corrected chi connectivity index (χ3v) is 4.70. The quantitative estimate of drug-likeness (QED) is 0.613. The zero-order chi connectivity index (χ0) is 18.5. The van der Waals surface area contributed by atoms with E-state index < -0.39 is 0 Å². The number of hydrogen-bond donors (Lipinski definition) is 1. The first-order valence-corrected chi connectivity index (χ1v) is 9.42. The molecule has 2 aromatic carbocycles. The lowest BCUT2D eigenvalue weighted by atomic mass is 10.0. The normalized spacial score (nSPS) is 11.1. The minimum atomic E-state index is -0.0549. The van der Waals surface area contributed by atoms with Crippen molar-refractivity contribution in [1.82, 2.24) is 15.2 Å². The Kier molecular flexibility index (Phi) is 6.01. The summed E-state index contributed by atoms with van der Waals surface area (Å²) in [5, 5.41) is 3.91. The summed E-state index contributed by atoms with van der Waals surface area (Å²) >= 11 is 3.45. The van der Waals surface area contributed by atoms with Crippen molar-refractivity contribution in [3.8, 4) is 11.3 Å². The molecule has 1 heterocycles. The van der Waals surface area contributed by atoms with Gasteiger partial charge in [0.15, 0.2) is 0 Å². The van der Waals surface area contributed by atoms with Gasteiger partial charge >= 0.3 is 0 Å². The number of nitrogens with one attached hydrogen (secondary N) is 1. The van der Waals surface area contributed by atoms with Crippen LogP contribution in [0.3, 0.4) is 0 Å². The maximum Gasteiger partial charge on any atom is 0.252 e. The number of pyridine rings is 1. The van der Waals surface area contributed by atoms with E-state index in [1.807, 2.05) is 68.7 Å². The highest BCUT2D eigenvalue weighted by molar-refractivity contribution is 9.10. The van der Waals surface area contributed by atoms with Crippen LogP contribution in [0.2, 0.25) is 0 Å². The molecule has 0 aliphatic heterocycles. The predicted octanol–water partition coefficient (Wildman–Crippen LogP) is 4.35. The molecule has 134 valence electrons. The van der Waals surface area contributed by atoms with Gasteiger partial charge in [0.05, 0.1) is 16.8 Å². The summed E-state index contributed by atoms with van der Waals surface area (Å²) in [5.41, 5.74) is 3.28. The van der Waals surface area contributed by atoms with Crippen molar-refractivity contribution < 1.29 is 4.79 Å². The lowest BCUT2D eigenvalue weighted by Gasteiger charge is -2.12. The van der Waals surface area contributed by atoms with E-state index in [2.05, 4.69) is 26.1 Å². The van der Waals surface area contributed by atoms with Crippen molar-refractivity contribution in [3.63, 3.8) is 0 Å². The van der Waals surface area contributed by atoms with Gasteiger partial charge in [0, 0.05) is 22.0 Å². The van der Waals surface area contributed by atoms with Crippen molar-refractivity contribution in [1.29, 1.82) is 0 Å². The molecule has 0 unspecified atom stereocenters. The Morgan fingerprint density at radius 3 is 2.58 bits per heavy atom. The fraction of sp³-hybridized carbons (Fsp3) is 0.238. The minimum Gasteiger partial charge on any atom is -0.352 e. The molecule has 5 heteroatoms. The maximum absolute atomic E-state index is 12.8. The van der Waals surface area contributed by atoms with E-state index in [9.17, 15) is 4.79 Å². The van der Waals surface area contributed by atoms with Crippen LogP contribution in [-0.2, 0) is 0 Å². The summed E-state index contributed by atoms with van der Waals surface area (Å²) in [6.45, 7) is 1.60. The Hall–Kier alpha value is -2.24. The summed E-state index contributed by atoms with van der Waals surface area (Å²) < 4.78 is 1.01. The highest BCUT2D eigenvalue weighted by Crippen LogP contribution is 2.26. The molecule has 3 rings (SSSR count). The van der Waals surface area contributed by atoms with Gasteiger partial charge in [0.1, 0.15) is 0 Å². The number of carbonyl (C=O) groups excluding carboxylic acids is 1. The van der Waals surface area contributed by atoms with Crippen LogP contribution in [0.15, 0.2) is 59.1 Å². The van der Waals surface area contributed by atoms with Gasteiger partial charge in [0.25, 0.3) is 5.91 Å². The Morgan fingerprint density at radius 2 is 1.85 bits per heavy atom. The zero-order valence-corrected chi connectivity index (χ0v) is 16.6. The zero-order valence-electron chi connectivity index (χ0n) is 15.0. The van der Waals surface area contributed by atoms with Crippen LogP contribution in [0.4, 0.5) is 0 Å². The number of fused-ring (bicyclic) bond motifs is 1. The van der Waals surface area contributed by atoms with Gasteiger partial charge < -0.3 is 10.2 Å². The molecular formula is C21H22BrN3O. The number of aromatic nitrogens is 1. The lowest BCUT2D eigenvalue weighted by Crippen LogP contribution is -2.27. The predicted molar refractivity (Wildman–Crippen MR) is 110 cm³/mol. The number of amides is 1. The summed E-state index contributed by atoms with van der Waals surface area (Å²) in [6.07, 6.45) is 0.918. The molecule has 0 radical (unpaired) electrons. The Labute approximate surface area is 162 Å². The first kappa shape index (κ1) is 18.5. The minimum absolute atomic E-state index is 0.0549. The smallest absolute Gasteiger partial charge is 0.252 e. The van der Waals surface area contributed by atoms with Crippen molar-refractivity contribution in [2.45, 2.75) is 6.42 Å². The van der Waals surface area contributed by atoms with Crippen molar-refractivity contribution in [3.05, 3.63) is 64.6 Å². The molecule has 26 heavy (non-hydrogen) atoms. The molecule has 0 aliphatic rings.